The smallest absolute Gasteiger partial charge is 0.174 e. The average Bonchev–Trinajstić information content (AvgIpc) is 3.63. The van der Waals surface area contributed by atoms with Crippen LogP contribution in [0.1, 0.15) is 23.5 Å². The van der Waals surface area contributed by atoms with Crippen molar-refractivity contribution in [3.8, 4) is 28.7 Å². The van der Waals surface area contributed by atoms with Gasteiger partial charge in [-0.1, -0.05) is 6.07 Å². The second kappa shape index (κ2) is 11.1. The maximum atomic E-state index is 6.06. The van der Waals surface area contributed by atoms with Gasteiger partial charge in [-0.3, -0.25) is 4.98 Å². The number of methoxy groups -OCH3 is 2. The summed E-state index contributed by atoms with van der Waals surface area (Å²) >= 11 is 5.92. The Morgan fingerprint density at radius 2 is 1.30 bits per heavy atom. The van der Waals surface area contributed by atoms with Gasteiger partial charge in [0.05, 0.1) is 26.0 Å². The molecule has 3 aromatic carbocycles. The third-order valence-corrected chi connectivity index (χ3v) is 7.26. The first-order valence-corrected chi connectivity index (χ1v) is 13.3. The highest BCUT2D eigenvalue weighted by molar-refractivity contribution is 7.80. The van der Waals surface area contributed by atoms with Gasteiger partial charge in [-0.05, 0) is 109 Å². The number of pyridine rings is 1. The Hall–Kier alpha value is -4.82. The zero-order chi connectivity index (χ0) is 27.5. The molecule has 6 rings (SSSR count). The lowest BCUT2D eigenvalue weighted by atomic mass is 10.0. The van der Waals surface area contributed by atoms with E-state index in [2.05, 4.69) is 50.2 Å². The van der Waals surface area contributed by atoms with Crippen LogP contribution in [0, 0.1) is 0 Å². The van der Waals surface area contributed by atoms with Crippen molar-refractivity contribution in [2.45, 2.75) is 12.1 Å². The zero-order valence-electron chi connectivity index (χ0n) is 22.1. The van der Waals surface area contributed by atoms with Crippen molar-refractivity contribution < 1.29 is 14.2 Å². The SMILES string of the molecule is COc1ccc(Oc2ccc(N3C(=S)N[C@@H](c4ccccn4)[C@@H]3c3cccn3-c3ccc(OC)cc3)cc2)cc1. The molecule has 0 radical (unpaired) electrons. The molecule has 0 saturated carbocycles. The summed E-state index contributed by atoms with van der Waals surface area (Å²) in [6.45, 7) is 0. The van der Waals surface area contributed by atoms with E-state index >= 15 is 0 Å². The molecule has 1 saturated heterocycles. The quantitative estimate of drug-likeness (QED) is 0.213. The highest BCUT2D eigenvalue weighted by Crippen LogP contribution is 2.42. The third kappa shape index (κ3) is 4.97. The monoisotopic (exact) mass is 548 g/mol. The summed E-state index contributed by atoms with van der Waals surface area (Å²) in [6, 6.07) is 33.3. The van der Waals surface area contributed by atoms with E-state index in [1.807, 2.05) is 85.1 Å². The van der Waals surface area contributed by atoms with Crippen LogP contribution in [0.15, 0.2) is 116 Å². The number of nitrogens with one attached hydrogen (secondary N) is 1. The van der Waals surface area contributed by atoms with Crippen LogP contribution in [0.25, 0.3) is 5.69 Å². The van der Waals surface area contributed by atoms with Crippen molar-refractivity contribution in [1.29, 1.82) is 0 Å². The van der Waals surface area contributed by atoms with Gasteiger partial charge in [0.1, 0.15) is 29.0 Å². The Balaban J connectivity index is 1.36. The molecule has 40 heavy (non-hydrogen) atoms. The van der Waals surface area contributed by atoms with E-state index in [0.29, 0.717) is 5.11 Å². The first-order chi connectivity index (χ1) is 19.6. The predicted molar refractivity (Wildman–Crippen MR) is 160 cm³/mol. The second-order valence-corrected chi connectivity index (χ2v) is 9.66. The molecule has 1 N–H and O–H groups in total. The van der Waals surface area contributed by atoms with Crippen LogP contribution in [-0.2, 0) is 0 Å². The van der Waals surface area contributed by atoms with Gasteiger partial charge in [-0.15, -0.1) is 0 Å². The Labute approximate surface area is 238 Å². The summed E-state index contributed by atoms with van der Waals surface area (Å²) in [5, 5.41) is 4.17. The van der Waals surface area contributed by atoms with E-state index in [0.717, 1.165) is 45.8 Å². The molecule has 200 valence electrons. The maximum absolute atomic E-state index is 6.06. The normalized spacial score (nSPS) is 16.4. The van der Waals surface area contributed by atoms with Gasteiger partial charge in [0.2, 0.25) is 0 Å². The molecule has 0 unspecified atom stereocenters. The Morgan fingerprint density at radius 1 is 0.700 bits per heavy atom. The van der Waals surface area contributed by atoms with Crippen LogP contribution in [0.3, 0.4) is 0 Å². The number of hydrogen-bond acceptors (Lipinski definition) is 5. The number of hydrogen-bond donors (Lipinski definition) is 1. The molecule has 0 spiro atoms. The van der Waals surface area contributed by atoms with Crippen LogP contribution in [-0.4, -0.2) is 28.9 Å². The lowest BCUT2D eigenvalue weighted by molar-refractivity contribution is 0.413. The van der Waals surface area contributed by atoms with E-state index in [-0.39, 0.29) is 12.1 Å². The second-order valence-electron chi connectivity index (χ2n) is 9.27. The fraction of sp³-hybridized carbons (Fsp3) is 0.125. The van der Waals surface area contributed by atoms with E-state index in [4.69, 9.17) is 26.4 Å². The Kier molecular flexibility index (Phi) is 7.08. The summed E-state index contributed by atoms with van der Waals surface area (Å²) < 4.78 is 18.9. The zero-order valence-corrected chi connectivity index (χ0v) is 22.9. The molecular formula is C32H28N4O3S. The number of thiocarbonyl (C=S) groups is 1. The molecule has 0 amide bonds. The average molecular weight is 549 g/mol. The van der Waals surface area contributed by atoms with Gasteiger partial charge in [-0.2, -0.15) is 0 Å². The molecule has 1 aliphatic rings. The molecule has 1 aliphatic heterocycles. The lowest BCUT2D eigenvalue weighted by Crippen LogP contribution is -2.30. The van der Waals surface area contributed by atoms with Gasteiger partial charge in [0.15, 0.2) is 5.11 Å². The van der Waals surface area contributed by atoms with Gasteiger partial charge < -0.3 is 29.0 Å². The Morgan fingerprint density at radius 3 is 1.93 bits per heavy atom. The van der Waals surface area contributed by atoms with Gasteiger partial charge >= 0.3 is 0 Å². The number of nitrogens with zero attached hydrogens (tertiary/aromatic N) is 3. The molecule has 2 atom stereocenters. The molecule has 8 heteroatoms. The van der Waals surface area contributed by atoms with E-state index in [1.54, 1.807) is 14.2 Å². The molecular weight excluding hydrogens is 520 g/mol. The van der Waals surface area contributed by atoms with Crippen molar-refractivity contribution in [1.82, 2.24) is 14.9 Å². The molecule has 0 bridgehead atoms. The number of aromatic nitrogens is 2. The van der Waals surface area contributed by atoms with Crippen LogP contribution >= 0.6 is 12.2 Å². The summed E-state index contributed by atoms with van der Waals surface area (Å²) in [5.41, 5.74) is 3.97. The molecule has 2 aromatic heterocycles. The highest BCUT2D eigenvalue weighted by atomic mass is 32.1. The van der Waals surface area contributed by atoms with Crippen LogP contribution in [0.2, 0.25) is 0 Å². The summed E-state index contributed by atoms with van der Waals surface area (Å²) in [7, 11) is 3.32. The summed E-state index contributed by atoms with van der Waals surface area (Å²) in [6.07, 6.45) is 3.88. The lowest BCUT2D eigenvalue weighted by Gasteiger charge is -2.29. The summed E-state index contributed by atoms with van der Waals surface area (Å²) in [5.74, 6) is 3.06. The molecule has 1 fully saturated rings. The first-order valence-electron chi connectivity index (χ1n) is 12.9. The van der Waals surface area contributed by atoms with Crippen LogP contribution < -0.4 is 24.4 Å². The topological polar surface area (TPSA) is 60.8 Å². The van der Waals surface area contributed by atoms with Gasteiger partial charge in [-0.25, -0.2) is 0 Å². The van der Waals surface area contributed by atoms with Gasteiger partial charge in [0, 0.05) is 29.5 Å². The standard InChI is InChI=1S/C32H28N4O3S/c1-37-24-12-8-22(9-13-24)35-21-5-7-29(35)31-30(28-6-3-4-20-33-28)34-32(40)36(31)23-10-14-26(15-11-23)39-27-18-16-25(38-2)17-19-27/h3-21,30-31H,1-2H3,(H,34,40)/t30-,31-/m0/s1. The van der Waals surface area contributed by atoms with Crippen molar-refractivity contribution >= 4 is 23.0 Å². The van der Waals surface area contributed by atoms with Gasteiger partial charge in [0.25, 0.3) is 0 Å². The van der Waals surface area contributed by atoms with E-state index in [9.17, 15) is 0 Å². The highest BCUT2D eigenvalue weighted by Gasteiger charge is 2.42. The third-order valence-electron chi connectivity index (χ3n) is 6.94. The number of ether oxygens (including phenoxy) is 3. The molecule has 3 heterocycles. The minimum absolute atomic E-state index is 0.157. The van der Waals surface area contributed by atoms with Crippen LogP contribution in [0.5, 0.6) is 23.0 Å². The minimum Gasteiger partial charge on any atom is -0.497 e. The maximum Gasteiger partial charge on any atom is 0.174 e. The van der Waals surface area contributed by atoms with Crippen LogP contribution in [0.4, 0.5) is 5.69 Å². The number of anilines is 1. The van der Waals surface area contributed by atoms with Crippen molar-refractivity contribution in [2.24, 2.45) is 0 Å². The number of rotatable bonds is 8. The van der Waals surface area contributed by atoms with Crippen molar-refractivity contribution in [2.75, 3.05) is 19.1 Å². The predicted octanol–water partition coefficient (Wildman–Crippen LogP) is 6.86. The van der Waals surface area contributed by atoms with Crippen molar-refractivity contribution in [3.05, 3.63) is 127 Å². The number of benzene rings is 3. The first kappa shape index (κ1) is 25.5. The fourth-order valence-electron chi connectivity index (χ4n) is 5.00. The van der Waals surface area contributed by atoms with E-state index < -0.39 is 0 Å². The Bertz CT molecular complexity index is 1590. The molecule has 7 nitrogen and oxygen atoms in total. The summed E-state index contributed by atoms with van der Waals surface area (Å²) in [4.78, 5) is 6.83. The molecule has 5 aromatic rings. The molecule has 0 aliphatic carbocycles. The largest absolute Gasteiger partial charge is 0.497 e. The fourth-order valence-corrected chi connectivity index (χ4v) is 5.35. The minimum atomic E-state index is -0.159. The van der Waals surface area contributed by atoms with Crippen molar-refractivity contribution in [3.63, 3.8) is 0 Å². The van der Waals surface area contributed by atoms with E-state index in [1.165, 1.54) is 0 Å².